The number of amides is 1. The van der Waals surface area contributed by atoms with E-state index in [1.807, 2.05) is 30.3 Å². The van der Waals surface area contributed by atoms with Crippen molar-refractivity contribution in [3.8, 4) is 10.4 Å². The highest BCUT2D eigenvalue weighted by Crippen LogP contribution is 2.29. The van der Waals surface area contributed by atoms with E-state index < -0.39 is 0 Å². The molecule has 5 nitrogen and oxygen atoms in total. The van der Waals surface area contributed by atoms with E-state index in [9.17, 15) is 4.79 Å². The standard InChI is InChI=1S/C16H18N4OS/c21-16(17-13-10-20-8-6-11(13)7-9-20)14-15(22-19-18-14)12-4-2-1-3-5-12/h1-5,11,13H,6-10H2,(H,17,21). The van der Waals surface area contributed by atoms with Gasteiger partial charge in [-0.3, -0.25) is 4.79 Å². The van der Waals surface area contributed by atoms with Gasteiger partial charge in [0, 0.05) is 12.6 Å². The van der Waals surface area contributed by atoms with Gasteiger partial charge in [-0.25, -0.2) is 0 Å². The van der Waals surface area contributed by atoms with Crippen LogP contribution in [0.1, 0.15) is 23.3 Å². The van der Waals surface area contributed by atoms with E-state index in [4.69, 9.17) is 0 Å². The van der Waals surface area contributed by atoms with Gasteiger partial charge in [0.05, 0.1) is 4.88 Å². The zero-order chi connectivity index (χ0) is 14.9. The molecule has 1 unspecified atom stereocenters. The monoisotopic (exact) mass is 314 g/mol. The summed E-state index contributed by atoms with van der Waals surface area (Å²) in [6.45, 7) is 3.31. The fraction of sp³-hybridized carbons (Fsp3) is 0.438. The molecule has 1 amide bonds. The van der Waals surface area contributed by atoms with Gasteiger partial charge in [-0.15, -0.1) is 5.10 Å². The summed E-state index contributed by atoms with van der Waals surface area (Å²) in [6.07, 6.45) is 2.37. The first-order chi connectivity index (χ1) is 10.8. The number of benzene rings is 1. The molecule has 1 atom stereocenters. The van der Waals surface area contributed by atoms with Crippen LogP contribution in [0.3, 0.4) is 0 Å². The molecular formula is C16H18N4OS. The lowest BCUT2D eigenvalue weighted by Gasteiger charge is -2.44. The second kappa shape index (κ2) is 5.78. The third-order valence-corrected chi connectivity index (χ3v) is 5.49. The van der Waals surface area contributed by atoms with E-state index in [0.29, 0.717) is 11.6 Å². The molecule has 1 N–H and O–H groups in total. The van der Waals surface area contributed by atoms with Crippen LogP contribution in [0.15, 0.2) is 30.3 Å². The maximum Gasteiger partial charge on any atom is 0.273 e. The summed E-state index contributed by atoms with van der Waals surface area (Å²) in [5.74, 6) is 0.520. The number of carbonyl (C=O) groups is 1. The molecule has 3 fully saturated rings. The minimum absolute atomic E-state index is 0.0913. The predicted octanol–water partition coefficient (Wildman–Crippen LogP) is 2.03. The molecule has 5 rings (SSSR count). The van der Waals surface area contributed by atoms with Gasteiger partial charge in [0.1, 0.15) is 0 Å². The SMILES string of the molecule is O=C(NC1CN2CCC1CC2)c1nnsc1-c1ccccc1. The van der Waals surface area contributed by atoms with Crippen molar-refractivity contribution in [2.75, 3.05) is 19.6 Å². The third-order valence-electron chi connectivity index (χ3n) is 4.71. The van der Waals surface area contributed by atoms with Gasteiger partial charge in [0.25, 0.3) is 5.91 Å². The smallest absolute Gasteiger partial charge is 0.273 e. The van der Waals surface area contributed by atoms with Crippen molar-refractivity contribution in [1.82, 2.24) is 19.8 Å². The van der Waals surface area contributed by atoms with Crippen LogP contribution in [0, 0.1) is 5.92 Å². The Bertz CT molecular complexity index is 664. The average Bonchev–Trinajstić information content (AvgIpc) is 3.06. The number of piperidine rings is 3. The summed E-state index contributed by atoms with van der Waals surface area (Å²) < 4.78 is 3.98. The van der Waals surface area contributed by atoms with Crippen molar-refractivity contribution in [3.05, 3.63) is 36.0 Å². The minimum Gasteiger partial charge on any atom is -0.346 e. The molecule has 3 aliphatic rings. The van der Waals surface area contributed by atoms with Crippen molar-refractivity contribution >= 4 is 17.4 Å². The lowest BCUT2D eigenvalue weighted by atomic mass is 9.84. The summed E-state index contributed by atoms with van der Waals surface area (Å²) in [4.78, 5) is 15.9. The van der Waals surface area contributed by atoms with Crippen molar-refractivity contribution in [2.45, 2.75) is 18.9 Å². The summed E-state index contributed by atoms with van der Waals surface area (Å²) in [7, 11) is 0. The Morgan fingerprint density at radius 1 is 1.23 bits per heavy atom. The topological polar surface area (TPSA) is 58.1 Å². The molecule has 3 saturated heterocycles. The molecule has 6 heteroatoms. The van der Waals surface area contributed by atoms with Gasteiger partial charge >= 0.3 is 0 Å². The first kappa shape index (κ1) is 13.8. The summed E-state index contributed by atoms with van der Waals surface area (Å²) >= 11 is 1.28. The zero-order valence-corrected chi connectivity index (χ0v) is 13.1. The molecule has 0 radical (unpaired) electrons. The molecule has 2 bridgehead atoms. The van der Waals surface area contributed by atoms with Crippen molar-refractivity contribution in [2.24, 2.45) is 5.92 Å². The van der Waals surface area contributed by atoms with E-state index >= 15 is 0 Å². The Morgan fingerprint density at radius 2 is 2.00 bits per heavy atom. The van der Waals surface area contributed by atoms with Crippen LogP contribution in [0.5, 0.6) is 0 Å². The average molecular weight is 314 g/mol. The zero-order valence-electron chi connectivity index (χ0n) is 12.2. The summed E-state index contributed by atoms with van der Waals surface area (Å²) in [5.41, 5.74) is 1.45. The molecule has 1 aromatic heterocycles. The quantitative estimate of drug-likeness (QED) is 0.942. The summed E-state index contributed by atoms with van der Waals surface area (Å²) in [5, 5.41) is 7.25. The number of hydrogen-bond acceptors (Lipinski definition) is 5. The second-order valence-electron chi connectivity index (χ2n) is 6.03. The number of hydrogen-bond donors (Lipinski definition) is 1. The normalized spacial score (nSPS) is 26.8. The number of aromatic nitrogens is 2. The largest absolute Gasteiger partial charge is 0.346 e. The Kier molecular flexibility index (Phi) is 3.63. The molecule has 2 aromatic rings. The highest BCUT2D eigenvalue weighted by Gasteiger charge is 2.35. The second-order valence-corrected chi connectivity index (χ2v) is 6.79. The molecule has 0 saturated carbocycles. The first-order valence-electron chi connectivity index (χ1n) is 7.72. The number of carbonyl (C=O) groups excluding carboxylic acids is 1. The van der Waals surface area contributed by atoms with Gasteiger partial charge in [0.2, 0.25) is 0 Å². The first-order valence-corrected chi connectivity index (χ1v) is 8.49. The van der Waals surface area contributed by atoms with Crippen LogP contribution in [0.25, 0.3) is 10.4 Å². The molecular weight excluding hydrogens is 296 g/mol. The fourth-order valence-electron chi connectivity index (χ4n) is 3.48. The number of nitrogens with one attached hydrogen (secondary N) is 1. The van der Waals surface area contributed by atoms with E-state index in [1.54, 1.807) is 0 Å². The van der Waals surface area contributed by atoms with Gasteiger partial charge < -0.3 is 10.2 Å². The maximum atomic E-state index is 12.6. The Morgan fingerprint density at radius 3 is 2.68 bits per heavy atom. The van der Waals surface area contributed by atoms with Crippen molar-refractivity contribution in [1.29, 1.82) is 0 Å². The Balaban J connectivity index is 1.53. The maximum absolute atomic E-state index is 12.6. The highest BCUT2D eigenvalue weighted by molar-refractivity contribution is 7.09. The molecule has 3 aliphatic heterocycles. The van der Waals surface area contributed by atoms with Crippen LogP contribution >= 0.6 is 11.5 Å². The minimum atomic E-state index is -0.0913. The lowest BCUT2D eigenvalue weighted by molar-refractivity contribution is 0.0618. The molecule has 114 valence electrons. The number of nitrogens with zero attached hydrogens (tertiary/aromatic N) is 3. The van der Waals surface area contributed by atoms with Gasteiger partial charge in [0.15, 0.2) is 5.69 Å². The third kappa shape index (κ3) is 2.53. The molecule has 22 heavy (non-hydrogen) atoms. The van der Waals surface area contributed by atoms with Gasteiger partial charge in [-0.05, 0) is 48.9 Å². The van der Waals surface area contributed by atoms with Crippen molar-refractivity contribution in [3.63, 3.8) is 0 Å². The molecule has 0 aliphatic carbocycles. The van der Waals surface area contributed by atoms with Crippen LogP contribution in [-0.2, 0) is 0 Å². The lowest BCUT2D eigenvalue weighted by Crippen LogP contribution is -2.57. The van der Waals surface area contributed by atoms with E-state index in [0.717, 1.165) is 17.0 Å². The Hall–Kier alpha value is -1.79. The van der Waals surface area contributed by atoms with E-state index in [1.165, 1.54) is 37.5 Å². The van der Waals surface area contributed by atoms with E-state index in [2.05, 4.69) is 19.8 Å². The van der Waals surface area contributed by atoms with Crippen molar-refractivity contribution < 1.29 is 4.79 Å². The van der Waals surface area contributed by atoms with E-state index in [-0.39, 0.29) is 11.9 Å². The summed E-state index contributed by atoms with van der Waals surface area (Å²) in [6, 6.07) is 10.1. The van der Waals surface area contributed by atoms with Crippen LogP contribution in [0.4, 0.5) is 0 Å². The Labute approximate surface area is 133 Å². The van der Waals surface area contributed by atoms with Crippen LogP contribution in [-0.4, -0.2) is 46.1 Å². The van der Waals surface area contributed by atoms with Gasteiger partial charge in [-0.2, -0.15) is 0 Å². The van der Waals surface area contributed by atoms with Crippen LogP contribution in [0.2, 0.25) is 0 Å². The molecule has 4 heterocycles. The highest BCUT2D eigenvalue weighted by atomic mass is 32.1. The molecule has 0 spiro atoms. The number of rotatable bonds is 3. The van der Waals surface area contributed by atoms with Gasteiger partial charge in [-0.1, -0.05) is 34.8 Å². The van der Waals surface area contributed by atoms with Crippen LogP contribution < -0.4 is 5.32 Å². The number of fused-ring (bicyclic) bond motifs is 3. The predicted molar refractivity (Wildman–Crippen MR) is 85.8 cm³/mol. The molecule has 1 aromatic carbocycles. The fourth-order valence-corrected chi connectivity index (χ4v) is 4.15.